The topological polar surface area (TPSA) is 466 Å². The van der Waals surface area contributed by atoms with Crippen molar-refractivity contribution in [3.05, 3.63) is 89.3 Å². The van der Waals surface area contributed by atoms with E-state index in [0.29, 0.717) is 22.8 Å². The molecule has 8 aliphatic rings. The third kappa shape index (κ3) is 14.2. The molecule has 12 rings (SSSR count). The fraction of sp³-hybridized carbons (Fsp3) is 0.837. The monoisotopic (exact) mass is 1250 g/mol. The Hall–Kier alpha value is -6.84. The fourth-order valence-electron chi connectivity index (χ4n) is 12.4. The zero-order valence-electron chi connectivity index (χ0n) is 49.8. The third-order valence-corrected chi connectivity index (χ3v) is 15.6. The van der Waals surface area contributed by atoms with Gasteiger partial charge in [-0.1, -0.05) is 41.3 Å². The first-order valence-corrected chi connectivity index (χ1v) is 28.8. The maximum Gasteiger partial charge on any atom is 0.187 e. The van der Waals surface area contributed by atoms with Crippen LogP contribution in [0.15, 0.2) is 45.2 Å². The quantitative estimate of drug-likeness (QED) is 0.0446. The number of nitrogens with zero attached hydrogens (tertiary/aromatic N) is 24. The molecule has 0 bridgehead atoms. The van der Waals surface area contributed by atoms with Gasteiger partial charge < -0.3 is 75.8 Å². The molecule has 12 heterocycles. The summed E-state index contributed by atoms with van der Waals surface area (Å²) in [6.07, 6.45) is -3.79. The van der Waals surface area contributed by atoms with Crippen molar-refractivity contribution in [3.8, 4) is 0 Å². The molecule has 0 N–H and O–H groups in total. The second-order valence-electron chi connectivity index (χ2n) is 24.5. The molecule has 40 heteroatoms. The van der Waals surface area contributed by atoms with Gasteiger partial charge >= 0.3 is 0 Å². The molecule has 16 atom stereocenters. The average molecular weight is 1250 g/mol. The lowest BCUT2D eigenvalue weighted by atomic mass is 9.87. The number of aromatic nitrogens is 12. The van der Waals surface area contributed by atoms with E-state index in [1.807, 2.05) is 0 Å². The Morgan fingerprint density at radius 2 is 0.596 bits per heavy atom. The molecule has 0 spiro atoms. The van der Waals surface area contributed by atoms with Gasteiger partial charge in [0.1, 0.15) is 71.6 Å². The van der Waals surface area contributed by atoms with Crippen LogP contribution in [0.4, 0.5) is 0 Å². The summed E-state index contributed by atoms with van der Waals surface area (Å²) in [5.41, 5.74) is 37.0. The predicted octanol–water partition coefficient (Wildman–Crippen LogP) is 3.43. The van der Waals surface area contributed by atoms with E-state index in [-0.39, 0.29) is 78.8 Å². The fourth-order valence-corrected chi connectivity index (χ4v) is 12.4. The maximum absolute atomic E-state index is 9.07. The molecular weight excluding hydrogens is 1180 g/mol. The van der Waals surface area contributed by atoms with Crippen LogP contribution in [0.1, 0.15) is 78.2 Å². The first kappa shape index (κ1) is 62.4. The van der Waals surface area contributed by atoms with Gasteiger partial charge in [-0.05, 0) is 77.5 Å². The first-order chi connectivity index (χ1) is 42.7. The molecule has 40 nitrogen and oxygen atoms in total. The molecular formula is C49H68N24O16. The summed E-state index contributed by atoms with van der Waals surface area (Å²) in [7, 11) is 0. The molecule has 0 unspecified atom stereocenters. The van der Waals surface area contributed by atoms with Crippen LogP contribution >= 0.6 is 0 Å². The number of rotatable bonds is 28. The number of ether oxygens (including phenoxy) is 16. The molecule has 8 aliphatic heterocycles. The highest BCUT2D eigenvalue weighted by molar-refractivity contribution is 5.03. The van der Waals surface area contributed by atoms with Crippen molar-refractivity contribution < 1.29 is 75.8 Å². The molecule has 89 heavy (non-hydrogen) atoms. The minimum absolute atomic E-state index is 0.00782. The smallest absolute Gasteiger partial charge is 0.187 e. The number of fused-ring (bicyclic) bond motifs is 4. The van der Waals surface area contributed by atoms with Crippen LogP contribution in [-0.4, -0.2) is 208 Å². The van der Waals surface area contributed by atoms with Gasteiger partial charge in [0.05, 0.1) is 128 Å². The van der Waals surface area contributed by atoms with Crippen molar-refractivity contribution in [2.75, 3.05) is 26.2 Å². The van der Waals surface area contributed by atoms with Crippen molar-refractivity contribution in [1.29, 1.82) is 0 Å². The van der Waals surface area contributed by atoms with E-state index < -0.39 is 127 Å². The van der Waals surface area contributed by atoms with Crippen molar-refractivity contribution >= 4 is 0 Å². The van der Waals surface area contributed by atoms with Crippen molar-refractivity contribution in [2.24, 2.45) is 25.9 Å². The Morgan fingerprint density at radius 1 is 0.382 bits per heavy atom. The van der Waals surface area contributed by atoms with Gasteiger partial charge in [-0.3, -0.25) is 18.7 Å². The average Bonchev–Trinajstić information content (AvgIpc) is 1.78. The van der Waals surface area contributed by atoms with Crippen LogP contribution in [0.5, 0.6) is 0 Å². The Morgan fingerprint density at radius 3 is 0.809 bits per heavy atom. The van der Waals surface area contributed by atoms with Crippen LogP contribution in [0.25, 0.3) is 41.8 Å². The highest BCUT2D eigenvalue weighted by atomic mass is 16.8. The molecule has 8 fully saturated rings. The second kappa shape index (κ2) is 25.4. The van der Waals surface area contributed by atoms with E-state index >= 15 is 0 Å². The predicted molar refractivity (Wildman–Crippen MR) is 288 cm³/mol. The maximum atomic E-state index is 9.07. The minimum Gasteiger partial charge on any atom is -0.344 e. The Labute approximate surface area is 505 Å². The Balaban J connectivity index is 0.820. The largest absolute Gasteiger partial charge is 0.344 e. The van der Waals surface area contributed by atoms with E-state index in [9.17, 15) is 0 Å². The molecule has 4 aromatic heterocycles. The highest BCUT2D eigenvalue weighted by Gasteiger charge is 2.59. The highest BCUT2D eigenvalue weighted by Crippen LogP contribution is 2.44. The molecule has 0 saturated carbocycles. The van der Waals surface area contributed by atoms with Crippen molar-refractivity contribution in [1.82, 2.24) is 60.0 Å². The summed E-state index contributed by atoms with van der Waals surface area (Å²) in [5.74, 6) is -3.75. The lowest BCUT2D eigenvalue weighted by molar-refractivity contribution is -0.235. The molecule has 480 valence electrons. The standard InChI is InChI=1S/C49H68N24O16/c1-45(2)82-33-29(9-54-62-50)78-41(37(33)86-45)74-17-25-13-70(66-58-25)21-49(22-71-14-26(59-67-71)18-75-42-38-34(83-46(3,4)87-38)30(79-42)10-55-63-51,23-72-15-27(60-68-72)19-76-43-39-35(84-47(5,6)88-39)31(80-43)11-56-64-52)24-73-16-28(61-69-73)20-77-44-40-36(85-48(7,8)89-40)32(81-44)12-57-65-53/h13-16,29-44H,9-12,17-24H2,1-8H3/t29-,30-,31-,32-,33-,34-,35-,36-,37-,38-,39-,40-,41-,42-,43-,44-/m1/s1. The van der Waals surface area contributed by atoms with E-state index in [0.717, 1.165) is 0 Å². The Bertz CT molecular complexity index is 2910. The minimum atomic E-state index is -1.04. The molecule has 4 aromatic rings. The van der Waals surface area contributed by atoms with E-state index in [1.54, 1.807) is 98.9 Å². The van der Waals surface area contributed by atoms with Gasteiger partial charge in [-0.2, -0.15) is 0 Å². The molecule has 0 radical (unpaired) electrons. The normalized spacial score (nSPS) is 33.8. The van der Waals surface area contributed by atoms with Crippen LogP contribution in [-0.2, 0) is 128 Å². The van der Waals surface area contributed by atoms with Gasteiger partial charge in [0.2, 0.25) is 0 Å². The molecule has 8 saturated heterocycles. The summed E-state index contributed by atoms with van der Waals surface area (Å²) in [6, 6.07) is 0. The number of azide groups is 4. The van der Waals surface area contributed by atoms with Crippen LogP contribution in [0.3, 0.4) is 0 Å². The second-order valence-corrected chi connectivity index (χ2v) is 24.5. The number of hydrogen-bond donors (Lipinski definition) is 0. The van der Waals surface area contributed by atoms with Gasteiger partial charge in [0.15, 0.2) is 48.3 Å². The molecule has 0 aromatic carbocycles. The lowest BCUT2D eigenvalue weighted by Crippen LogP contribution is -2.41. The summed E-state index contributed by atoms with van der Waals surface area (Å²) in [4.78, 5) is 11.6. The van der Waals surface area contributed by atoms with Crippen molar-refractivity contribution in [3.63, 3.8) is 0 Å². The van der Waals surface area contributed by atoms with Crippen molar-refractivity contribution in [2.45, 2.75) is 230 Å². The summed E-state index contributed by atoms with van der Waals surface area (Å²) < 4.78 is 105. The summed E-state index contributed by atoms with van der Waals surface area (Å²) >= 11 is 0. The van der Waals surface area contributed by atoms with E-state index in [1.165, 1.54) is 0 Å². The summed E-state index contributed by atoms with van der Waals surface area (Å²) in [6.45, 7) is 14.5. The van der Waals surface area contributed by atoms with Crippen LogP contribution in [0.2, 0.25) is 0 Å². The Kier molecular flexibility index (Phi) is 17.8. The molecule has 0 aliphatic carbocycles. The van der Waals surface area contributed by atoms with Gasteiger partial charge in [-0.25, -0.2) is 0 Å². The first-order valence-electron chi connectivity index (χ1n) is 28.8. The molecule has 0 amide bonds. The third-order valence-electron chi connectivity index (χ3n) is 15.6. The van der Waals surface area contributed by atoms with Gasteiger partial charge in [0.25, 0.3) is 0 Å². The lowest BCUT2D eigenvalue weighted by Gasteiger charge is -2.33. The number of hydrogen-bond acceptors (Lipinski definition) is 28. The van der Waals surface area contributed by atoms with Gasteiger partial charge in [0, 0.05) is 25.1 Å². The SMILES string of the molecule is CC1(C)O[C@H]2[C@H](OCc3cn(CC(Cn4cc(CO[C@@H]5O[C@H](CN=[N+]=[N-])[C@H]6OC(C)(C)O[C@@H]56)nn4)(Cn4cc(CO[C@@H]5O[C@H](CN=[N+]=[N-])[C@H]6OC(C)(C)O[C@@H]56)nn4)Cn4cc(CO[C@@H]5O[C@H](CN=[N+]=[N-])[C@H]6OC(C)(C)O[C@@H]56)nn4)nn3)O[C@H](CN=[N+]=[N-])[C@H]2O1. The zero-order chi connectivity index (χ0) is 62.3. The van der Waals surface area contributed by atoms with Crippen LogP contribution < -0.4 is 0 Å². The van der Waals surface area contributed by atoms with E-state index in [2.05, 4.69) is 81.4 Å². The van der Waals surface area contributed by atoms with E-state index in [4.69, 9.17) is 97.9 Å². The summed E-state index contributed by atoms with van der Waals surface area (Å²) in [5, 5.41) is 51.2. The van der Waals surface area contributed by atoms with Crippen LogP contribution in [0, 0.1) is 5.41 Å². The zero-order valence-corrected chi connectivity index (χ0v) is 49.8. The van der Waals surface area contributed by atoms with Gasteiger partial charge in [-0.15, -0.1) is 20.4 Å².